The molecule has 1 saturated heterocycles. The molecule has 0 aliphatic carbocycles. The molecule has 2 rings (SSSR count). The Morgan fingerprint density at radius 1 is 1.45 bits per heavy atom. The van der Waals surface area contributed by atoms with Crippen LogP contribution in [0.15, 0.2) is 30.3 Å². The molecule has 0 amide bonds. The smallest absolute Gasteiger partial charge is 0.305 e. The molecule has 1 fully saturated rings. The molecule has 1 aromatic rings. The van der Waals surface area contributed by atoms with Crippen molar-refractivity contribution < 1.29 is 14.6 Å². The summed E-state index contributed by atoms with van der Waals surface area (Å²) in [5, 5.41) is 8.99. The Bertz CT molecular complexity index is 421. The van der Waals surface area contributed by atoms with Gasteiger partial charge < -0.3 is 9.84 Å². The highest BCUT2D eigenvalue weighted by atomic mass is 16.5. The van der Waals surface area contributed by atoms with Crippen molar-refractivity contribution in [2.24, 2.45) is 0 Å². The Morgan fingerprint density at radius 3 is 2.90 bits per heavy atom. The van der Waals surface area contributed by atoms with Crippen LogP contribution in [0.25, 0.3) is 0 Å². The fourth-order valence-electron chi connectivity index (χ4n) is 2.81. The van der Waals surface area contributed by atoms with E-state index in [9.17, 15) is 4.79 Å². The third-order valence-electron chi connectivity index (χ3n) is 3.94. The highest BCUT2D eigenvalue weighted by molar-refractivity contribution is 5.67. The number of rotatable bonds is 6. The zero-order chi connectivity index (χ0) is 14.4. The third-order valence-corrected chi connectivity index (χ3v) is 3.94. The van der Waals surface area contributed by atoms with E-state index in [0.717, 1.165) is 19.4 Å². The molecule has 1 N–H and O–H groups in total. The summed E-state index contributed by atoms with van der Waals surface area (Å²) >= 11 is 0. The van der Waals surface area contributed by atoms with Crippen LogP contribution in [0.3, 0.4) is 0 Å². The number of aryl methyl sites for hydroxylation is 1. The van der Waals surface area contributed by atoms with Gasteiger partial charge in [0, 0.05) is 18.6 Å². The molecule has 0 spiro atoms. The minimum Gasteiger partial charge on any atom is -0.481 e. The van der Waals surface area contributed by atoms with E-state index in [1.165, 1.54) is 5.56 Å². The van der Waals surface area contributed by atoms with Gasteiger partial charge in [-0.05, 0) is 25.3 Å². The molecule has 1 aliphatic rings. The lowest BCUT2D eigenvalue weighted by molar-refractivity contribution is -0.140. The van der Waals surface area contributed by atoms with Crippen molar-refractivity contribution in [3.8, 4) is 0 Å². The first-order chi connectivity index (χ1) is 9.66. The molecular formula is C16H23NO3. The number of carboxylic acids is 1. The number of nitrogens with zero attached hydrogens (tertiary/aromatic N) is 1. The average molecular weight is 277 g/mol. The van der Waals surface area contributed by atoms with Gasteiger partial charge in [0.25, 0.3) is 0 Å². The normalized spacial score (nSPS) is 21.6. The first-order valence-electron chi connectivity index (χ1n) is 7.26. The van der Waals surface area contributed by atoms with Crippen molar-refractivity contribution >= 4 is 5.97 Å². The lowest BCUT2D eigenvalue weighted by Crippen LogP contribution is -2.50. The maximum absolute atomic E-state index is 10.9. The van der Waals surface area contributed by atoms with Gasteiger partial charge in [-0.25, -0.2) is 0 Å². The van der Waals surface area contributed by atoms with Crippen LogP contribution >= 0.6 is 0 Å². The van der Waals surface area contributed by atoms with E-state index in [1.807, 2.05) is 6.07 Å². The molecular weight excluding hydrogens is 254 g/mol. The number of carboxylic acid groups (broad SMARTS) is 1. The van der Waals surface area contributed by atoms with Crippen molar-refractivity contribution in [3.05, 3.63) is 35.9 Å². The van der Waals surface area contributed by atoms with Crippen molar-refractivity contribution in [2.45, 2.75) is 38.3 Å². The molecule has 0 radical (unpaired) electrons. The second-order valence-electron chi connectivity index (χ2n) is 5.44. The second kappa shape index (κ2) is 7.41. The molecule has 1 aliphatic heterocycles. The van der Waals surface area contributed by atoms with E-state index < -0.39 is 5.97 Å². The van der Waals surface area contributed by atoms with Gasteiger partial charge in [0.05, 0.1) is 19.6 Å². The molecule has 2 unspecified atom stereocenters. The topological polar surface area (TPSA) is 49.8 Å². The van der Waals surface area contributed by atoms with Crippen LogP contribution in [0.1, 0.15) is 25.3 Å². The fraction of sp³-hybridized carbons (Fsp3) is 0.562. The maximum atomic E-state index is 10.9. The predicted molar refractivity (Wildman–Crippen MR) is 77.8 cm³/mol. The van der Waals surface area contributed by atoms with E-state index >= 15 is 0 Å². The highest BCUT2D eigenvalue weighted by Crippen LogP contribution is 2.18. The lowest BCUT2D eigenvalue weighted by atomic mass is 10.0. The van der Waals surface area contributed by atoms with Gasteiger partial charge in [0.1, 0.15) is 0 Å². The molecule has 1 aromatic carbocycles. The van der Waals surface area contributed by atoms with Crippen LogP contribution < -0.4 is 0 Å². The molecule has 4 heteroatoms. The van der Waals surface area contributed by atoms with Gasteiger partial charge in [-0.15, -0.1) is 0 Å². The fourth-order valence-corrected chi connectivity index (χ4v) is 2.81. The van der Waals surface area contributed by atoms with Gasteiger partial charge in [-0.3, -0.25) is 9.69 Å². The van der Waals surface area contributed by atoms with E-state index in [1.54, 1.807) is 0 Å². The number of aliphatic carboxylic acids is 1. The number of morpholine rings is 1. The Balaban J connectivity index is 1.88. The number of carbonyl (C=O) groups is 1. The largest absolute Gasteiger partial charge is 0.481 e. The molecule has 0 bridgehead atoms. The molecule has 1 heterocycles. The summed E-state index contributed by atoms with van der Waals surface area (Å²) < 4.78 is 5.42. The summed E-state index contributed by atoms with van der Waals surface area (Å²) in [5.74, 6) is -0.749. The second-order valence-corrected chi connectivity index (χ2v) is 5.44. The van der Waals surface area contributed by atoms with E-state index in [-0.39, 0.29) is 12.5 Å². The standard InChI is InChI=1S/C16H23NO3/c1-13(7-8-14-5-3-2-4-6-14)17-9-10-20-12-15(17)11-16(18)19/h2-6,13,15H,7-12H2,1H3,(H,18,19). The van der Waals surface area contributed by atoms with Crippen molar-refractivity contribution in [1.29, 1.82) is 0 Å². The number of ether oxygens (including phenoxy) is 1. The number of benzene rings is 1. The van der Waals surface area contributed by atoms with Crippen LogP contribution in [-0.2, 0) is 16.0 Å². The summed E-state index contributed by atoms with van der Waals surface area (Å²) in [7, 11) is 0. The van der Waals surface area contributed by atoms with E-state index in [0.29, 0.717) is 19.3 Å². The Labute approximate surface area is 120 Å². The van der Waals surface area contributed by atoms with Crippen LogP contribution in [0.5, 0.6) is 0 Å². The molecule has 4 nitrogen and oxygen atoms in total. The lowest BCUT2D eigenvalue weighted by Gasteiger charge is -2.39. The monoisotopic (exact) mass is 277 g/mol. The Morgan fingerprint density at radius 2 is 2.20 bits per heavy atom. The van der Waals surface area contributed by atoms with Gasteiger partial charge in [-0.1, -0.05) is 30.3 Å². The van der Waals surface area contributed by atoms with Gasteiger partial charge in [-0.2, -0.15) is 0 Å². The van der Waals surface area contributed by atoms with Crippen LogP contribution in [0, 0.1) is 0 Å². The molecule has 110 valence electrons. The first-order valence-corrected chi connectivity index (χ1v) is 7.26. The zero-order valence-corrected chi connectivity index (χ0v) is 12.0. The van der Waals surface area contributed by atoms with E-state index in [2.05, 4.69) is 36.1 Å². The summed E-state index contributed by atoms with van der Waals surface area (Å²) in [4.78, 5) is 13.2. The van der Waals surface area contributed by atoms with Crippen LogP contribution in [0.2, 0.25) is 0 Å². The summed E-state index contributed by atoms with van der Waals surface area (Å²) in [6, 6.07) is 10.8. The van der Waals surface area contributed by atoms with E-state index in [4.69, 9.17) is 9.84 Å². The maximum Gasteiger partial charge on any atom is 0.305 e. The SMILES string of the molecule is CC(CCc1ccccc1)N1CCOCC1CC(=O)O. The molecule has 0 aromatic heterocycles. The number of hydrogen-bond donors (Lipinski definition) is 1. The molecule has 0 saturated carbocycles. The minimum absolute atomic E-state index is 0.00650. The van der Waals surface area contributed by atoms with Gasteiger partial charge in [0.2, 0.25) is 0 Å². The predicted octanol–water partition coefficient (Wildman–Crippen LogP) is 2.18. The van der Waals surface area contributed by atoms with Gasteiger partial charge >= 0.3 is 5.97 Å². The summed E-state index contributed by atoms with van der Waals surface area (Å²) in [6.07, 6.45) is 2.23. The van der Waals surface area contributed by atoms with Gasteiger partial charge in [0.15, 0.2) is 0 Å². The first kappa shape index (κ1) is 15.0. The minimum atomic E-state index is -0.749. The number of hydrogen-bond acceptors (Lipinski definition) is 3. The van der Waals surface area contributed by atoms with Crippen LogP contribution in [-0.4, -0.2) is 47.8 Å². The van der Waals surface area contributed by atoms with Crippen molar-refractivity contribution in [1.82, 2.24) is 4.90 Å². The Hall–Kier alpha value is -1.39. The summed E-state index contributed by atoms with van der Waals surface area (Å²) in [6.45, 7) is 4.24. The summed E-state index contributed by atoms with van der Waals surface area (Å²) in [5.41, 5.74) is 1.34. The molecule has 20 heavy (non-hydrogen) atoms. The third kappa shape index (κ3) is 4.32. The molecule has 2 atom stereocenters. The van der Waals surface area contributed by atoms with Crippen molar-refractivity contribution in [2.75, 3.05) is 19.8 Å². The quantitative estimate of drug-likeness (QED) is 0.866. The zero-order valence-electron chi connectivity index (χ0n) is 12.0. The van der Waals surface area contributed by atoms with Crippen molar-refractivity contribution in [3.63, 3.8) is 0 Å². The van der Waals surface area contributed by atoms with Crippen LogP contribution in [0.4, 0.5) is 0 Å². The average Bonchev–Trinajstić information content (AvgIpc) is 2.46. The highest BCUT2D eigenvalue weighted by Gasteiger charge is 2.28. The Kier molecular flexibility index (Phi) is 5.56.